The number of hydrogen-bond donors (Lipinski definition) is 1. The molecule has 3 rings (SSSR count). The maximum Gasteiger partial charge on any atom is 0.262 e. The Kier molecular flexibility index (Phi) is 4.83. The van der Waals surface area contributed by atoms with Gasteiger partial charge in [-0.15, -0.1) is 0 Å². The van der Waals surface area contributed by atoms with Crippen molar-refractivity contribution in [3.8, 4) is 5.88 Å². The van der Waals surface area contributed by atoms with Gasteiger partial charge in [-0.3, -0.25) is 4.79 Å². The fourth-order valence-electron chi connectivity index (χ4n) is 2.15. The van der Waals surface area contributed by atoms with Gasteiger partial charge in [-0.05, 0) is 31.2 Å². The van der Waals surface area contributed by atoms with Crippen LogP contribution in [0.25, 0.3) is 10.9 Å². The second-order valence-corrected chi connectivity index (χ2v) is 6.01. The van der Waals surface area contributed by atoms with E-state index >= 15 is 0 Å². The number of fused-ring (bicyclic) bond motifs is 1. The van der Waals surface area contributed by atoms with Crippen LogP contribution < -0.4 is 10.1 Å². The summed E-state index contributed by atoms with van der Waals surface area (Å²) in [5, 5.41) is 4.14. The zero-order valence-electron chi connectivity index (χ0n) is 12.7. The smallest absolute Gasteiger partial charge is 0.262 e. The molecule has 0 aliphatic rings. The summed E-state index contributed by atoms with van der Waals surface area (Å²) < 4.78 is 5.51. The number of aromatic nitrogens is 2. The minimum absolute atomic E-state index is 0.190. The van der Waals surface area contributed by atoms with Crippen molar-refractivity contribution in [2.75, 3.05) is 11.9 Å². The quantitative estimate of drug-likeness (QED) is 0.753. The van der Waals surface area contributed by atoms with Crippen LogP contribution in [0, 0.1) is 6.92 Å². The average Bonchev–Trinajstić information content (AvgIpc) is 2.55. The number of rotatable bonds is 4. The number of amides is 1. The highest BCUT2D eigenvalue weighted by Crippen LogP contribution is 2.30. The van der Waals surface area contributed by atoms with E-state index in [0.717, 1.165) is 5.56 Å². The van der Waals surface area contributed by atoms with Gasteiger partial charge in [0, 0.05) is 10.7 Å². The summed E-state index contributed by atoms with van der Waals surface area (Å²) >= 11 is 12.1. The molecule has 3 aromatic rings. The van der Waals surface area contributed by atoms with E-state index in [1.807, 2.05) is 31.2 Å². The van der Waals surface area contributed by atoms with Crippen LogP contribution in [0.15, 0.2) is 42.7 Å². The van der Waals surface area contributed by atoms with E-state index in [-0.39, 0.29) is 18.4 Å². The first-order valence-corrected chi connectivity index (χ1v) is 7.87. The molecule has 1 heterocycles. The molecular formula is C17H13Cl2N3O2. The van der Waals surface area contributed by atoms with E-state index in [0.29, 0.717) is 26.6 Å². The minimum Gasteiger partial charge on any atom is -0.467 e. The lowest BCUT2D eigenvalue weighted by molar-refractivity contribution is -0.118. The number of anilines is 1. The van der Waals surface area contributed by atoms with Crippen LogP contribution in [0.4, 0.5) is 5.69 Å². The van der Waals surface area contributed by atoms with Crippen molar-refractivity contribution in [3.05, 3.63) is 58.3 Å². The molecule has 0 aliphatic heterocycles. The molecule has 7 heteroatoms. The van der Waals surface area contributed by atoms with Crippen molar-refractivity contribution >= 4 is 45.7 Å². The van der Waals surface area contributed by atoms with Crippen LogP contribution in [0.3, 0.4) is 0 Å². The normalized spacial score (nSPS) is 10.6. The molecular weight excluding hydrogens is 349 g/mol. The number of hydrogen-bond acceptors (Lipinski definition) is 4. The molecule has 1 amide bonds. The topological polar surface area (TPSA) is 64.1 Å². The Hall–Kier alpha value is -2.37. The Bertz CT molecular complexity index is 898. The van der Waals surface area contributed by atoms with Crippen molar-refractivity contribution in [3.63, 3.8) is 0 Å². The lowest BCUT2D eigenvalue weighted by atomic mass is 10.2. The molecule has 0 atom stereocenters. The predicted molar refractivity (Wildman–Crippen MR) is 94.9 cm³/mol. The summed E-state index contributed by atoms with van der Waals surface area (Å²) in [5.74, 6) is -0.0396. The van der Waals surface area contributed by atoms with Crippen LogP contribution in [0.1, 0.15) is 5.56 Å². The minimum atomic E-state index is -0.293. The largest absolute Gasteiger partial charge is 0.467 e. The van der Waals surface area contributed by atoms with Crippen molar-refractivity contribution in [2.24, 2.45) is 0 Å². The maximum absolute atomic E-state index is 12.0. The Labute approximate surface area is 148 Å². The van der Waals surface area contributed by atoms with Crippen molar-refractivity contribution in [1.82, 2.24) is 9.97 Å². The molecule has 5 nitrogen and oxygen atoms in total. The standard InChI is InChI=1S/C17H13Cl2N3O2/c1-10-2-4-12(5-3-10)22-15(23)8-24-17-13-6-11(18)7-14(19)16(13)20-9-21-17/h2-7,9H,8H2,1H3,(H,22,23). The summed E-state index contributed by atoms with van der Waals surface area (Å²) in [4.78, 5) is 20.2. The first-order valence-electron chi connectivity index (χ1n) is 7.12. The SMILES string of the molecule is Cc1ccc(NC(=O)COc2ncnc3c(Cl)cc(Cl)cc23)cc1. The lowest BCUT2D eigenvalue weighted by Crippen LogP contribution is -2.20. The van der Waals surface area contributed by atoms with Crippen LogP contribution in [0.5, 0.6) is 5.88 Å². The number of carbonyl (C=O) groups excluding carboxylic acids is 1. The molecule has 0 radical (unpaired) electrons. The highest BCUT2D eigenvalue weighted by molar-refractivity contribution is 6.38. The second-order valence-electron chi connectivity index (χ2n) is 5.17. The van der Waals surface area contributed by atoms with Gasteiger partial charge in [0.15, 0.2) is 6.61 Å². The van der Waals surface area contributed by atoms with E-state index in [1.54, 1.807) is 12.1 Å². The molecule has 1 aromatic heterocycles. The fourth-order valence-corrected chi connectivity index (χ4v) is 2.69. The summed E-state index contributed by atoms with van der Waals surface area (Å²) in [6.45, 7) is 1.79. The Morgan fingerprint density at radius 3 is 2.67 bits per heavy atom. The van der Waals surface area contributed by atoms with Crippen LogP contribution in [0.2, 0.25) is 10.0 Å². The first-order chi connectivity index (χ1) is 11.5. The number of benzene rings is 2. The molecule has 0 saturated carbocycles. The van der Waals surface area contributed by atoms with Crippen molar-refractivity contribution in [1.29, 1.82) is 0 Å². The van der Waals surface area contributed by atoms with Crippen LogP contribution >= 0.6 is 23.2 Å². The highest BCUT2D eigenvalue weighted by Gasteiger charge is 2.11. The predicted octanol–water partition coefficient (Wildman–Crippen LogP) is 4.26. The van der Waals surface area contributed by atoms with E-state index in [4.69, 9.17) is 27.9 Å². The zero-order chi connectivity index (χ0) is 17.1. The summed E-state index contributed by atoms with van der Waals surface area (Å²) in [6.07, 6.45) is 1.33. The molecule has 2 aromatic carbocycles. The van der Waals surface area contributed by atoms with Crippen LogP contribution in [-0.2, 0) is 4.79 Å². The molecule has 0 aliphatic carbocycles. The Morgan fingerprint density at radius 2 is 1.92 bits per heavy atom. The molecule has 24 heavy (non-hydrogen) atoms. The van der Waals surface area contributed by atoms with E-state index in [2.05, 4.69) is 15.3 Å². The third kappa shape index (κ3) is 3.75. The molecule has 0 unspecified atom stereocenters. The number of halogens is 2. The molecule has 0 saturated heterocycles. The molecule has 0 spiro atoms. The molecule has 1 N–H and O–H groups in total. The zero-order valence-corrected chi connectivity index (χ0v) is 14.2. The third-order valence-corrected chi connectivity index (χ3v) is 3.80. The Balaban J connectivity index is 1.73. The van der Waals surface area contributed by atoms with Gasteiger partial charge in [0.05, 0.1) is 15.9 Å². The first kappa shape index (κ1) is 16.5. The van der Waals surface area contributed by atoms with E-state index in [1.165, 1.54) is 6.33 Å². The van der Waals surface area contributed by atoms with E-state index in [9.17, 15) is 4.79 Å². The Morgan fingerprint density at radius 1 is 1.17 bits per heavy atom. The van der Waals surface area contributed by atoms with Crippen LogP contribution in [-0.4, -0.2) is 22.5 Å². The van der Waals surface area contributed by atoms with Gasteiger partial charge in [-0.25, -0.2) is 9.97 Å². The summed E-state index contributed by atoms with van der Waals surface area (Å²) in [7, 11) is 0. The highest BCUT2D eigenvalue weighted by atomic mass is 35.5. The number of carbonyl (C=O) groups is 1. The lowest BCUT2D eigenvalue weighted by Gasteiger charge is -2.09. The summed E-state index contributed by atoms with van der Waals surface area (Å²) in [6, 6.07) is 10.7. The van der Waals surface area contributed by atoms with Gasteiger partial charge < -0.3 is 10.1 Å². The molecule has 0 bridgehead atoms. The van der Waals surface area contributed by atoms with Gasteiger partial charge in [-0.1, -0.05) is 40.9 Å². The van der Waals surface area contributed by atoms with Crippen molar-refractivity contribution in [2.45, 2.75) is 6.92 Å². The molecule has 122 valence electrons. The third-order valence-electron chi connectivity index (χ3n) is 3.30. The molecule has 0 fully saturated rings. The van der Waals surface area contributed by atoms with Gasteiger partial charge in [-0.2, -0.15) is 0 Å². The van der Waals surface area contributed by atoms with Gasteiger partial charge in [0.1, 0.15) is 6.33 Å². The van der Waals surface area contributed by atoms with Gasteiger partial charge in [0.25, 0.3) is 5.91 Å². The second kappa shape index (κ2) is 7.03. The monoisotopic (exact) mass is 361 g/mol. The number of ether oxygens (including phenoxy) is 1. The average molecular weight is 362 g/mol. The van der Waals surface area contributed by atoms with Gasteiger partial charge >= 0.3 is 0 Å². The number of aryl methyl sites for hydroxylation is 1. The fraction of sp³-hybridized carbons (Fsp3) is 0.118. The maximum atomic E-state index is 12.0. The van der Waals surface area contributed by atoms with E-state index < -0.39 is 0 Å². The van der Waals surface area contributed by atoms with Crippen molar-refractivity contribution < 1.29 is 9.53 Å². The number of nitrogens with one attached hydrogen (secondary N) is 1. The van der Waals surface area contributed by atoms with Gasteiger partial charge in [0.2, 0.25) is 5.88 Å². The number of nitrogens with zero attached hydrogens (tertiary/aromatic N) is 2. The summed E-state index contributed by atoms with van der Waals surface area (Å²) in [5.41, 5.74) is 2.34.